The average molecular weight is 272 g/mol. The van der Waals surface area contributed by atoms with E-state index < -0.39 is 0 Å². The first kappa shape index (κ1) is 14.7. The highest BCUT2D eigenvalue weighted by Crippen LogP contribution is 2.20. The van der Waals surface area contributed by atoms with Gasteiger partial charge < -0.3 is 5.32 Å². The van der Waals surface area contributed by atoms with Crippen LogP contribution in [-0.4, -0.2) is 11.5 Å². The highest BCUT2D eigenvalue weighted by molar-refractivity contribution is 5.29. The molecule has 0 aliphatic rings. The third kappa shape index (κ3) is 3.87. The molecular formula is C17H21FN2. The van der Waals surface area contributed by atoms with Crippen molar-refractivity contribution in [2.75, 3.05) is 6.54 Å². The number of pyridine rings is 1. The number of hydrogen-bond donors (Lipinski definition) is 1. The number of nitrogens with zero attached hydrogens (tertiary/aromatic N) is 1. The number of aryl methyl sites for hydroxylation is 1. The zero-order valence-corrected chi connectivity index (χ0v) is 12.1. The van der Waals surface area contributed by atoms with Crippen LogP contribution in [0.1, 0.15) is 36.1 Å². The standard InChI is InChI=1S/C17H21FN2/c1-3-8-20-17(15-5-4-9-19-12-15)11-14-6-7-16(18)10-13(14)2/h4-7,9-10,12,17,20H,3,8,11H2,1-2H3. The minimum atomic E-state index is -0.175. The Labute approximate surface area is 120 Å². The normalized spacial score (nSPS) is 12.3. The molecule has 1 unspecified atom stereocenters. The Balaban J connectivity index is 2.19. The Hall–Kier alpha value is -1.74. The van der Waals surface area contributed by atoms with E-state index in [-0.39, 0.29) is 11.9 Å². The Kier molecular flexibility index (Phi) is 5.24. The molecule has 0 aliphatic carbocycles. The first-order valence-corrected chi connectivity index (χ1v) is 7.09. The van der Waals surface area contributed by atoms with Crippen molar-refractivity contribution in [3.8, 4) is 0 Å². The van der Waals surface area contributed by atoms with Gasteiger partial charge in [0.1, 0.15) is 5.82 Å². The van der Waals surface area contributed by atoms with Gasteiger partial charge in [-0.25, -0.2) is 4.39 Å². The Morgan fingerprint density at radius 3 is 2.80 bits per heavy atom. The van der Waals surface area contributed by atoms with E-state index in [2.05, 4.69) is 23.3 Å². The van der Waals surface area contributed by atoms with E-state index in [1.807, 2.05) is 25.3 Å². The van der Waals surface area contributed by atoms with E-state index in [1.54, 1.807) is 12.3 Å². The van der Waals surface area contributed by atoms with Crippen molar-refractivity contribution in [2.45, 2.75) is 32.7 Å². The van der Waals surface area contributed by atoms with Crippen molar-refractivity contribution in [1.82, 2.24) is 10.3 Å². The van der Waals surface area contributed by atoms with Crippen molar-refractivity contribution in [2.24, 2.45) is 0 Å². The highest BCUT2D eigenvalue weighted by Gasteiger charge is 2.13. The smallest absolute Gasteiger partial charge is 0.123 e. The summed E-state index contributed by atoms with van der Waals surface area (Å²) in [5, 5.41) is 3.54. The summed E-state index contributed by atoms with van der Waals surface area (Å²) in [6.07, 6.45) is 5.60. The predicted octanol–water partition coefficient (Wildman–Crippen LogP) is 3.81. The first-order valence-electron chi connectivity index (χ1n) is 7.09. The van der Waals surface area contributed by atoms with Crippen LogP contribution in [0.25, 0.3) is 0 Å². The predicted molar refractivity (Wildman–Crippen MR) is 80.1 cm³/mol. The zero-order chi connectivity index (χ0) is 14.4. The molecule has 1 N–H and O–H groups in total. The number of hydrogen-bond acceptors (Lipinski definition) is 2. The Morgan fingerprint density at radius 2 is 2.15 bits per heavy atom. The van der Waals surface area contributed by atoms with Crippen molar-refractivity contribution in [3.63, 3.8) is 0 Å². The number of nitrogens with one attached hydrogen (secondary N) is 1. The molecule has 2 aromatic rings. The van der Waals surface area contributed by atoms with Crippen LogP contribution in [0.5, 0.6) is 0 Å². The largest absolute Gasteiger partial charge is 0.310 e. The zero-order valence-electron chi connectivity index (χ0n) is 12.1. The van der Waals surface area contributed by atoms with Crippen molar-refractivity contribution in [1.29, 1.82) is 0 Å². The summed E-state index contributed by atoms with van der Waals surface area (Å²) in [6, 6.07) is 9.25. The second-order valence-corrected chi connectivity index (χ2v) is 5.07. The van der Waals surface area contributed by atoms with Crippen LogP contribution in [0.15, 0.2) is 42.7 Å². The highest BCUT2D eigenvalue weighted by atomic mass is 19.1. The summed E-state index contributed by atoms with van der Waals surface area (Å²) in [4.78, 5) is 4.19. The Bertz CT molecular complexity index is 540. The molecule has 20 heavy (non-hydrogen) atoms. The molecule has 0 fully saturated rings. The molecule has 0 radical (unpaired) electrons. The molecular weight excluding hydrogens is 251 g/mol. The third-order valence-corrected chi connectivity index (χ3v) is 3.46. The number of benzene rings is 1. The molecule has 1 aromatic carbocycles. The maximum Gasteiger partial charge on any atom is 0.123 e. The van der Waals surface area contributed by atoms with Gasteiger partial charge in [-0.3, -0.25) is 4.98 Å². The summed E-state index contributed by atoms with van der Waals surface area (Å²) in [5.41, 5.74) is 3.34. The summed E-state index contributed by atoms with van der Waals surface area (Å²) in [7, 11) is 0. The molecule has 1 heterocycles. The van der Waals surface area contributed by atoms with Crippen LogP contribution in [0.4, 0.5) is 4.39 Å². The van der Waals surface area contributed by atoms with Gasteiger partial charge in [-0.2, -0.15) is 0 Å². The maximum atomic E-state index is 13.2. The lowest BCUT2D eigenvalue weighted by atomic mass is 9.97. The summed E-state index contributed by atoms with van der Waals surface area (Å²) < 4.78 is 13.2. The van der Waals surface area contributed by atoms with Crippen LogP contribution in [0.3, 0.4) is 0 Å². The molecule has 0 spiro atoms. The van der Waals surface area contributed by atoms with Gasteiger partial charge in [0.25, 0.3) is 0 Å². The van der Waals surface area contributed by atoms with Gasteiger partial charge in [0, 0.05) is 18.4 Å². The lowest BCUT2D eigenvalue weighted by molar-refractivity contribution is 0.526. The van der Waals surface area contributed by atoms with Gasteiger partial charge in [0.2, 0.25) is 0 Å². The topological polar surface area (TPSA) is 24.9 Å². The molecule has 3 heteroatoms. The second kappa shape index (κ2) is 7.15. The van der Waals surface area contributed by atoms with Gasteiger partial charge in [-0.15, -0.1) is 0 Å². The first-order chi connectivity index (χ1) is 9.70. The SMILES string of the molecule is CCCNC(Cc1ccc(F)cc1C)c1cccnc1. The van der Waals surface area contributed by atoms with Crippen molar-refractivity contribution in [3.05, 3.63) is 65.2 Å². The number of halogens is 1. The lowest BCUT2D eigenvalue weighted by Crippen LogP contribution is -2.24. The molecule has 0 saturated heterocycles. The van der Waals surface area contributed by atoms with E-state index in [9.17, 15) is 4.39 Å². The van der Waals surface area contributed by atoms with Crippen LogP contribution >= 0.6 is 0 Å². The fraction of sp³-hybridized carbons (Fsp3) is 0.353. The number of aromatic nitrogens is 1. The van der Waals surface area contributed by atoms with Gasteiger partial charge in [0.15, 0.2) is 0 Å². The summed E-state index contributed by atoms with van der Waals surface area (Å²) >= 11 is 0. The van der Waals surface area contributed by atoms with Gasteiger partial charge >= 0.3 is 0 Å². The molecule has 1 aromatic heterocycles. The molecule has 1 atom stereocenters. The minimum absolute atomic E-state index is 0.175. The van der Waals surface area contributed by atoms with Crippen molar-refractivity contribution >= 4 is 0 Å². The van der Waals surface area contributed by atoms with Crippen LogP contribution in [0.2, 0.25) is 0 Å². The third-order valence-electron chi connectivity index (χ3n) is 3.46. The molecule has 0 bridgehead atoms. The van der Waals surface area contributed by atoms with E-state index in [0.717, 1.165) is 24.9 Å². The molecule has 0 aliphatic heterocycles. The van der Waals surface area contributed by atoms with Crippen LogP contribution < -0.4 is 5.32 Å². The summed E-state index contributed by atoms with van der Waals surface area (Å²) in [6.45, 7) is 5.06. The number of rotatable bonds is 6. The maximum absolute atomic E-state index is 13.2. The lowest BCUT2D eigenvalue weighted by Gasteiger charge is -2.20. The van der Waals surface area contributed by atoms with Gasteiger partial charge in [0.05, 0.1) is 0 Å². The van der Waals surface area contributed by atoms with Crippen LogP contribution in [-0.2, 0) is 6.42 Å². The van der Waals surface area contributed by atoms with Gasteiger partial charge in [-0.05, 0) is 61.2 Å². The molecule has 106 valence electrons. The fourth-order valence-corrected chi connectivity index (χ4v) is 2.32. The molecule has 0 saturated carbocycles. The molecule has 0 amide bonds. The summed E-state index contributed by atoms with van der Waals surface area (Å²) in [5.74, 6) is -0.175. The van der Waals surface area contributed by atoms with E-state index in [0.29, 0.717) is 0 Å². The van der Waals surface area contributed by atoms with Gasteiger partial charge in [-0.1, -0.05) is 19.1 Å². The minimum Gasteiger partial charge on any atom is -0.310 e. The van der Waals surface area contributed by atoms with E-state index >= 15 is 0 Å². The fourth-order valence-electron chi connectivity index (χ4n) is 2.32. The molecule has 2 rings (SSSR count). The van der Waals surface area contributed by atoms with Crippen molar-refractivity contribution < 1.29 is 4.39 Å². The molecule has 2 nitrogen and oxygen atoms in total. The van der Waals surface area contributed by atoms with E-state index in [4.69, 9.17) is 0 Å². The monoisotopic (exact) mass is 272 g/mol. The second-order valence-electron chi connectivity index (χ2n) is 5.07. The van der Waals surface area contributed by atoms with Crippen LogP contribution in [0, 0.1) is 12.7 Å². The van der Waals surface area contributed by atoms with E-state index in [1.165, 1.54) is 17.2 Å². The average Bonchev–Trinajstić information content (AvgIpc) is 2.46. The Morgan fingerprint density at radius 1 is 1.30 bits per heavy atom. The quantitative estimate of drug-likeness (QED) is 0.865.